The number of carbonyl (C=O) groups is 2. The number of hydrogen-bond acceptors (Lipinski definition) is 5. The van der Waals surface area contributed by atoms with E-state index in [9.17, 15) is 14.4 Å². The van der Waals surface area contributed by atoms with Crippen LogP contribution in [0, 0.1) is 0 Å². The van der Waals surface area contributed by atoms with Crippen molar-refractivity contribution in [3.8, 4) is 0 Å². The number of para-hydroxylation sites is 1. The summed E-state index contributed by atoms with van der Waals surface area (Å²) in [4.78, 5) is 38.8. The van der Waals surface area contributed by atoms with Crippen LogP contribution in [0.15, 0.2) is 46.2 Å². The van der Waals surface area contributed by atoms with Gasteiger partial charge in [-0.3, -0.25) is 14.4 Å². The van der Waals surface area contributed by atoms with Gasteiger partial charge in [0.1, 0.15) is 12.2 Å². The summed E-state index contributed by atoms with van der Waals surface area (Å²) in [7, 11) is 0. The molecule has 3 rings (SSSR count). The largest absolute Gasteiger partial charge is 0.324 e. The molecule has 1 aromatic carbocycles. The van der Waals surface area contributed by atoms with Crippen LogP contribution in [-0.4, -0.2) is 33.9 Å². The van der Waals surface area contributed by atoms with E-state index in [1.54, 1.807) is 24.3 Å². The molecule has 1 aromatic heterocycles. The summed E-state index contributed by atoms with van der Waals surface area (Å²) in [5.41, 5.74) is 0.522. The molecule has 124 valence electrons. The van der Waals surface area contributed by atoms with Crippen LogP contribution in [0.1, 0.15) is 6.92 Å². The van der Waals surface area contributed by atoms with Crippen molar-refractivity contribution in [1.82, 2.24) is 9.78 Å². The van der Waals surface area contributed by atoms with Gasteiger partial charge in [-0.05, 0) is 19.1 Å². The maximum atomic E-state index is 12.6. The predicted octanol–water partition coefficient (Wildman–Crippen LogP) is 1.34. The van der Waals surface area contributed by atoms with E-state index in [-0.39, 0.29) is 18.4 Å². The van der Waals surface area contributed by atoms with E-state index < -0.39 is 5.56 Å². The van der Waals surface area contributed by atoms with Crippen LogP contribution in [0.3, 0.4) is 0 Å². The molecule has 0 bridgehead atoms. The van der Waals surface area contributed by atoms with Gasteiger partial charge >= 0.3 is 0 Å². The van der Waals surface area contributed by atoms with E-state index in [1.807, 2.05) is 13.0 Å². The van der Waals surface area contributed by atoms with Gasteiger partial charge in [-0.15, -0.1) is 11.8 Å². The van der Waals surface area contributed by atoms with Crippen molar-refractivity contribution in [2.24, 2.45) is 0 Å². The normalized spacial score (nSPS) is 13.5. The van der Waals surface area contributed by atoms with Gasteiger partial charge < -0.3 is 10.2 Å². The highest BCUT2D eigenvalue weighted by atomic mass is 32.2. The summed E-state index contributed by atoms with van der Waals surface area (Å²) < 4.78 is 1.08. The smallest absolute Gasteiger partial charge is 0.292 e. The van der Waals surface area contributed by atoms with Crippen LogP contribution < -0.4 is 15.8 Å². The second-order valence-electron chi connectivity index (χ2n) is 5.16. The van der Waals surface area contributed by atoms with Crippen molar-refractivity contribution in [3.63, 3.8) is 0 Å². The van der Waals surface area contributed by atoms with Gasteiger partial charge in [-0.1, -0.05) is 18.2 Å². The molecule has 0 atom stereocenters. The molecule has 24 heavy (non-hydrogen) atoms. The van der Waals surface area contributed by atoms with Crippen molar-refractivity contribution in [1.29, 1.82) is 0 Å². The molecule has 0 aliphatic carbocycles. The predicted molar refractivity (Wildman–Crippen MR) is 92.3 cm³/mol. The second-order valence-corrected chi connectivity index (χ2v) is 6.18. The van der Waals surface area contributed by atoms with Crippen molar-refractivity contribution in [2.45, 2.75) is 18.4 Å². The van der Waals surface area contributed by atoms with E-state index >= 15 is 0 Å². The minimum absolute atomic E-state index is 0.112. The van der Waals surface area contributed by atoms with E-state index in [1.165, 1.54) is 22.9 Å². The lowest BCUT2D eigenvalue weighted by Crippen LogP contribution is -2.42. The zero-order valence-corrected chi connectivity index (χ0v) is 13.9. The van der Waals surface area contributed by atoms with Crippen LogP contribution in [-0.2, 0) is 16.1 Å². The van der Waals surface area contributed by atoms with Crippen LogP contribution >= 0.6 is 11.8 Å². The Morgan fingerprint density at radius 1 is 1.29 bits per heavy atom. The Morgan fingerprint density at radius 3 is 2.75 bits per heavy atom. The molecular formula is C16H16N4O3S. The molecule has 1 N–H and O–H groups in total. The highest BCUT2D eigenvalue weighted by molar-refractivity contribution is 8.00. The van der Waals surface area contributed by atoms with Gasteiger partial charge in [-0.2, -0.15) is 5.10 Å². The van der Waals surface area contributed by atoms with Gasteiger partial charge in [0.25, 0.3) is 5.56 Å². The fraction of sp³-hybridized carbons (Fsp3) is 0.250. The highest BCUT2D eigenvalue weighted by Gasteiger charge is 2.28. The third-order valence-electron chi connectivity index (χ3n) is 3.57. The minimum Gasteiger partial charge on any atom is -0.324 e. The van der Waals surface area contributed by atoms with E-state index in [4.69, 9.17) is 0 Å². The molecule has 0 fully saturated rings. The first-order valence-electron chi connectivity index (χ1n) is 7.48. The number of rotatable bonds is 4. The Labute approximate surface area is 142 Å². The summed E-state index contributed by atoms with van der Waals surface area (Å²) in [6, 6.07) is 8.98. The lowest BCUT2D eigenvalue weighted by atomic mass is 10.3. The maximum Gasteiger partial charge on any atom is 0.292 e. The number of nitrogens with zero attached hydrogens (tertiary/aromatic N) is 3. The van der Waals surface area contributed by atoms with Crippen molar-refractivity contribution < 1.29 is 9.59 Å². The minimum atomic E-state index is -0.432. The molecule has 0 radical (unpaired) electrons. The Morgan fingerprint density at radius 2 is 2.04 bits per heavy atom. The number of aromatic nitrogens is 2. The molecule has 0 saturated heterocycles. The van der Waals surface area contributed by atoms with Crippen molar-refractivity contribution in [2.75, 3.05) is 22.5 Å². The number of hydrogen-bond donors (Lipinski definition) is 1. The van der Waals surface area contributed by atoms with Crippen molar-refractivity contribution in [3.05, 3.63) is 46.9 Å². The summed E-state index contributed by atoms with van der Waals surface area (Å²) >= 11 is 1.29. The number of benzene rings is 1. The molecule has 0 spiro atoms. The molecular weight excluding hydrogens is 328 g/mol. The lowest BCUT2D eigenvalue weighted by molar-refractivity contribution is -0.117. The van der Waals surface area contributed by atoms with E-state index in [0.717, 1.165) is 4.68 Å². The number of carbonyl (C=O) groups excluding carboxylic acids is 2. The van der Waals surface area contributed by atoms with Gasteiger partial charge in [0, 0.05) is 12.2 Å². The number of amides is 2. The first-order valence-corrected chi connectivity index (χ1v) is 8.47. The zero-order valence-electron chi connectivity index (χ0n) is 13.1. The Balaban J connectivity index is 1.85. The van der Waals surface area contributed by atoms with Crippen molar-refractivity contribution >= 4 is 35.0 Å². The molecule has 2 heterocycles. The number of fused-ring (bicyclic) bond motifs is 1. The third kappa shape index (κ3) is 3.18. The van der Waals surface area contributed by atoms with Gasteiger partial charge in [0.15, 0.2) is 0 Å². The molecule has 1 aliphatic heterocycles. The van der Waals surface area contributed by atoms with Crippen LogP contribution in [0.2, 0.25) is 0 Å². The topological polar surface area (TPSA) is 84.3 Å². The third-order valence-corrected chi connectivity index (χ3v) is 4.58. The standard InChI is InChI=1S/C16H16N4O3S/c1-2-19-14(22)10-24-12-8-17-20(16(23)15(12)19)9-13(21)18-11-6-4-3-5-7-11/h3-8H,2,9-10H2,1H3,(H,18,21). The average molecular weight is 344 g/mol. The fourth-order valence-corrected chi connectivity index (χ4v) is 3.36. The van der Waals surface area contributed by atoms with Crippen LogP contribution in [0.5, 0.6) is 0 Å². The molecule has 1 aliphatic rings. The Kier molecular flexibility index (Phi) is 4.66. The first kappa shape index (κ1) is 16.3. The molecule has 7 nitrogen and oxygen atoms in total. The quantitative estimate of drug-likeness (QED) is 0.905. The van der Waals surface area contributed by atoms with Gasteiger partial charge in [-0.25, -0.2) is 4.68 Å². The SMILES string of the molecule is CCN1C(=O)CSc2cnn(CC(=O)Nc3ccccc3)c(=O)c21. The monoisotopic (exact) mass is 344 g/mol. The van der Waals surface area contributed by atoms with E-state index in [2.05, 4.69) is 10.4 Å². The number of thioether (sulfide) groups is 1. The van der Waals surface area contributed by atoms with Gasteiger partial charge in [0.05, 0.1) is 16.8 Å². The summed E-state index contributed by atoms with van der Waals surface area (Å²) in [6.45, 7) is 2.00. The Bertz CT molecular complexity index is 835. The summed E-state index contributed by atoms with van der Waals surface area (Å²) in [5.74, 6) is -0.173. The van der Waals surface area contributed by atoms with Crippen LogP contribution in [0.4, 0.5) is 11.4 Å². The van der Waals surface area contributed by atoms with Crippen LogP contribution in [0.25, 0.3) is 0 Å². The fourth-order valence-electron chi connectivity index (χ4n) is 2.46. The summed E-state index contributed by atoms with van der Waals surface area (Å²) in [6.07, 6.45) is 1.53. The zero-order chi connectivity index (χ0) is 17.1. The summed E-state index contributed by atoms with van der Waals surface area (Å²) in [5, 5.41) is 6.76. The lowest BCUT2D eigenvalue weighted by Gasteiger charge is -2.26. The molecule has 0 saturated carbocycles. The maximum absolute atomic E-state index is 12.6. The number of nitrogens with one attached hydrogen (secondary N) is 1. The van der Waals surface area contributed by atoms with Gasteiger partial charge in [0.2, 0.25) is 11.8 Å². The van der Waals surface area contributed by atoms with E-state index in [0.29, 0.717) is 28.6 Å². The number of anilines is 2. The molecule has 8 heteroatoms. The molecule has 0 unspecified atom stereocenters. The second kappa shape index (κ2) is 6.88. The molecule has 2 aromatic rings. The first-order chi connectivity index (χ1) is 11.6. The highest BCUT2D eigenvalue weighted by Crippen LogP contribution is 2.31. The Hall–Kier alpha value is -2.61. The average Bonchev–Trinajstić information content (AvgIpc) is 2.58. The molecule has 2 amide bonds.